The third-order valence-electron chi connectivity index (χ3n) is 2.15. The van der Waals surface area contributed by atoms with Crippen molar-refractivity contribution in [2.24, 2.45) is 0 Å². The third-order valence-corrected chi connectivity index (χ3v) is 2.15. The topological polar surface area (TPSA) is 7.12 Å². The summed E-state index contributed by atoms with van der Waals surface area (Å²) in [4.78, 5) is 2.22. The fraction of sp³-hybridized carbons (Fsp3) is 0.500. The lowest BCUT2D eigenvalue weighted by Crippen LogP contribution is -2.31. The van der Waals surface area contributed by atoms with Gasteiger partial charge in [-0.2, -0.15) is 0 Å². The summed E-state index contributed by atoms with van der Waals surface area (Å²) < 4.78 is 2.16. The predicted molar refractivity (Wildman–Crippen MR) is 51.3 cm³/mol. The second-order valence-corrected chi connectivity index (χ2v) is 2.90. The molecule has 66 valence electrons. The average Bonchev–Trinajstić information content (AvgIpc) is 2.17. The molecule has 0 bridgehead atoms. The standard InChI is InChI=1S/C10H17N2/c1-4-11(3)10-6-8-12(5-2)9-7-10/h6-9H,4-5H2,1-3H3/q+1. The first-order valence-corrected chi connectivity index (χ1v) is 4.48. The molecular formula is C10H17N2+. The van der Waals surface area contributed by atoms with E-state index in [4.69, 9.17) is 0 Å². The third kappa shape index (κ3) is 1.97. The number of nitrogens with zero attached hydrogens (tertiary/aromatic N) is 2. The Balaban J connectivity index is 2.77. The molecule has 1 aromatic rings. The highest BCUT2D eigenvalue weighted by Crippen LogP contribution is 2.07. The number of hydrogen-bond acceptors (Lipinski definition) is 1. The molecule has 0 N–H and O–H groups in total. The Bertz CT molecular complexity index is 228. The van der Waals surface area contributed by atoms with E-state index in [9.17, 15) is 0 Å². The van der Waals surface area contributed by atoms with Gasteiger partial charge in [-0.25, -0.2) is 4.57 Å². The van der Waals surface area contributed by atoms with Gasteiger partial charge in [0.1, 0.15) is 6.54 Å². The molecule has 0 aliphatic carbocycles. The van der Waals surface area contributed by atoms with Crippen molar-refractivity contribution in [2.75, 3.05) is 18.5 Å². The second-order valence-electron chi connectivity index (χ2n) is 2.90. The van der Waals surface area contributed by atoms with Crippen LogP contribution in [0.4, 0.5) is 5.69 Å². The van der Waals surface area contributed by atoms with Crippen LogP contribution in [0.3, 0.4) is 0 Å². The van der Waals surface area contributed by atoms with E-state index in [0.29, 0.717) is 0 Å². The van der Waals surface area contributed by atoms with Crippen LogP contribution in [-0.2, 0) is 6.54 Å². The first-order chi connectivity index (χ1) is 5.77. The summed E-state index contributed by atoms with van der Waals surface area (Å²) in [7, 11) is 2.10. The molecule has 2 nitrogen and oxygen atoms in total. The van der Waals surface area contributed by atoms with Crippen LogP contribution in [-0.4, -0.2) is 13.6 Å². The fourth-order valence-electron chi connectivity index (χ4n) is 1.10. The Labute approximate surface area is 74.4 Å². The zero-order valence-electron chi connectivity index (χ0n) is 8.12. The maximum Gasteiger partial charge on any atom is 0.170 e. The molecule has 0 aliphatic heterocycles. The first-order valence-electron chi connectivity index (χ1n) is 4.48. The molecule has 0 radical (unpaired) electrons. The van der Waals surface area contributed by atoms with E-state index in [0.717, 1.165) is 13.1 Å². The highest BCUT2D eigenvalue weighted by atomic mass is 15.1. The molecule has 2 heteroatoms. The van der Waals surface area contributed by atoms with Crippen LogP contribution >= 0.6 is 0 Å². The number of aromatic nitrogens is 1. The van der Waals surface area contributed by atoms with Crippen molar-refractivity contribution in [2.45, 2.75) is 20.4 Å². The molecule has 0 unspecified atom stereocenters. The second kappa shape index (κ2) is 4.10. The number of rotatable bonds is 3. The normalized spacial score (nSPS) is 9.92. The van der Waals surface area contributed by atoms with Gasteiger partial charge in [-0.1, -0.05) is 0 Å². The van der Waals surface area contributed by atoms with Gasteiger partial charge in [0.15, 0.2) is 12.4 Å². The number of aryl methyl sites for hydroxylation is 1. The zero-order valence-corrected chi connectivity index (χ0v) is 8.12. The molecule has 0 atom stereocenters. The minimum absolute atomic E-state index is 1.04. The lowest BCUT2D eigenvalue weighted by Gasteiger charge is -2.15. The minimum atomic E-state index is 1.04. The largest absolute Gasteiger partial charge is 0.375 e. The summed E-state index contributed by atoms with van der Waals surface area (Å²) in [5.74, 6) is 0. The molecule has 0 aromatic carbocycles. The SMILES string of the molecule is CCN(C)c1cc[n+](CC)cc1. The quantitative estimate of drug-likeness (QED) is 0.615. The van der Waals surface area contributed by atoms with E-state index in [1.807, 2.05) is 0 Å². The van der Waals surface area contributed by atoms with E-state index in [-0.39, 0.29) is 0 Å². The predicted octanol–water partition coefficient (Wildman–Crippen LogP) is 1.45. The monoisotopic (exact) mass is 165 g/mol. The van der Waals surface area contributed by atoms with E-state index in [1.165, 1.54) is 5.69 Å². The summed E-state index contributed by atoms with van der Waals surface area (Å²) >= 11 is 0. The highest BCUT2D eigenvalue weighted by molar-refractivity contribution is 5.42. The van der Waals surface area contributed by atoms with E-state index >= 15 is 0 Å². The molecule has 1 aromatic heterocycles. The molecule has 0 amide bonds. The average molecular weight is 165 g/mol. The first kappa shape index (κ1) is 9.04. The van der Waals surface area contributed by atoms with Gasteiger partial charge < -0.3 is 4.90 Å². The lowest BCUT2D eigenvalue weighted by atomic mass is 10.3. The summed E-state index contributed by atoms with van der Waals surface area (Å²) in [5, 5.41) is 0. The summed E-state index contributed by atoms with van der Waals surface area (Å²) in [6.07, 6.45) is 4.23. The number of pyridine rings is 1. The Morgan fingerprint density at radius 3 is 2.25 bits per heavy atom. The molecule has 1 heterocycles. The van der Waals surface area contributed by atoms with Crippen molar-refractivity contribution in [1.29, 1.82) is 0 Å². The van der Waals surface area contributed by atoms with Crippen molar-refractivity contribution in [3.05, 3.63) is 24.5 Å². The van der Waals surface area contributed by atoms with Gasteiger partial charge >= 0.3 is 0 Å². The van der Waals surface area contributed by atoms with Crippen LogP contribution in [0.2, 0.25) is 0 Å². The van der Waals surface area contributed by atoms with Crippen LogP contribution in [0.5, 0.6) is 0 Å². The van der Waals surface area contributed by atoms with Gasteiger partial charge in [0.25, 0.3) is 0 Å². The zero-order chi connectivity index (χ0) is 8.97. The smallest absolute Gasteiger partial charge is 0.170 e. The van der Waals surface area contributed by atoms with Crippen molar-refractivity contribution >= 4 is 5.69 Å². The van der Waals surface area contributed by atoms with Crippen LogP contribution in [0.15, 0.2) is 24.5 Å². The van der Waals surface area contributed by atoms with Crippen molar-refractivity contribution < 1.29 is 4.57 Å². The molecule has 1 rings (SSSR count). The van der Waals surface area contributed by atoms with Crippen molar-refractivity contribution in [3.63, 3.8) is 0 Å². The number of hydrogen-bond donors (Lipinski definition) is 0. The Morgan fingerprint density at radius 1 is 1.25 bits per heavy atom. The maximum absolute atomic E-state index is 2.22. The van der Waals surface area contributed by atoms with E-state index in [2.05, 4.69) is 54.9 Å². The lowest BCUT2D eigenvalue weighted by molar-refractivity contribution is -0.693. The van der Waals surface area contributed by atoms with Crippen molar-refractivity contribution in [1.82, 2.24) is 0 Å². The summed E-state index contributed by atoms with van der Waals surface area (Å²) in [5.41, 5.74) is 1.28. The Kier molecular flexibility index (Phi) is 3.09. The Hall–Kier alpha value is -1.05. The van der Waals surface area contributed by atoms with Gasteiger partial charge in [-0.3, -0.25) is 0 Å². The van der Waals surface area contributed by atoms with Gasteiger partial charge in [-0.15, -0.1) is 0 Å². The maximum atomic E-state index is 2.22. The molecule has 12 heavy (non-hydrogen) atoms. The fourth-order valence-corrected chi connectivity index (χ4v) is 1.10. The highest BCUT2D eigenvalue weighted by Gasteiger charge is 2.00. The van der Waals surface area contributed by atoms with Gasteiger partial charge in [-0.05, 0) is 13.8 Å². The Morgan fingerprint density at radius 2 is 1.83 bits per heavy atom. The van der Waals surface area contributed by atoms with Gasteiger partial charge in [0.2, 0.25) is 0 Å². The van der Waals surface area contributed by atoms with Crippen LogP contribution in [0, 0.1) is 0 Å². The molecule has 0 aliphatic rings. The minimum Gasteiger partial charge on any atom is -0.375 e. The van der Waals surface area contributed by atoms with Gasteiger partial charge in [0, 0.05) is 31.4 Å². The van der Waals surface area contributed by atoms with Crippen LogP contribution in [0.25, 0.3) is 0 Å². The van der Waals surface area contributed by atoms with Crippen LogP contribution < -0.4 is 9.47 Å². The summed E-state index contributed by atoms with van der Waals surface area (Å²) in [6, 6.07) is 4.29. The molecule has 0 saturated carbocycles. The van der Waals surface area contributed by atoms with E-state index in [1.54, 1.807) is 0 Å². The molecular weight excluding hydrogens is 148 g/mol. The molecule has 0 fully saturated rings. The number of anilines is 1. The molecule has 0 saturated heterocycles. The summed E-state index contributed by atoms with van der Waals surface area (Å²) in [6.45, 7) is 6.39. The van der Waals surface area contributed by atoms with Crippen molar-refractivity contribution in [3.8, 4) is 0 Å². The van der Waals surface area contributed by atoms with E-state index < -0.39 is 0 Å². The van der Waals surface area contributed by atoms with Gasteiger partial charge in [0.05, 0.1) is 0 Å². The molecule has 0 spiro atoms. The van der Waals surface area contributed by atoms with Crippen LogP contribution in [0.1, 0.15) is 13.8 Å².